The lowest BCUT2D eigenvalue weighted by Gasteiger charge is -2.07. The minimum atomic E-state index is 0.563. The van der Waals surface area contributed by atoms with Gasteiger partial charge >= 0.3 is 0 Å². The van der Waals surface area contributed by atoms with E-state index < -0.39 is 0 Å². The molecular weight excluding hydrogens is 229 g/mol. The largest absolute Gasteiger partial charge is 0.272 e. The van der Waals surface area contributed by atoms with Gasteiger partial charge in [0.2, 0.25) is 0 Å². The van der Waals surface area contributed by atoms with Crippen LogP contribution in [0.1, 0.15) is 0 Å². The Morgan fingerprint density at radius 1 is 0.684 bits per heavy atom. The average molecular weight is 239 g/mol. The second kappa shape index (κ2) is 3.82. The van der Waals surface area contributed by atoms with Crippen molar-refractivity contribution in [2.75, 3.05) is 0 Å². The summed E-state index contributed by atoms with van der Waals surface area (Å²) >= 11 is 0. The zero-order chi connectivity index (χ0) is 12.8. The van der Waals surface area contributed by atoms with Crippen LogP contribution in [-0.4, -0.2) is 12.8 Å². The summed E-state index contributed by atoms with van der Waals surface area (Å²) in [4.78, 5) is 4.22. The Morgan fingerprint density at radius 3 is 2.32 bits per heavy atom. The number of benzene rings is 3. The predicted molar refractivity (Wildman–Crippen MR) is 82.1 cm³/mol. The molecule has 1 heterocycles. The highest BCUT2D eigenvalue weighted by atomic mass is 14.6. The Labute approximate surface area is 112 Å². The van der Waals surface area contributed by atoms with Gasteiger partial charge < -0.3 is 0 Å². The van der Waals surface area contributed by atoms with Gasteiger partial charge in [-0.3, -0.25) is 4.98 Å². The highest BCUT2D eigenvalue weighted by molar-refractivity contribution is 6.32. The molecule has 0 atom stereocenters. The van der Waals surface area contributed by atoms with Gasteiger partial charge in [0.05, 0.1) is 0 Å². The average Bonchev–Trinajstić information content (AvgIpc) is 2.46. The summed E-state index contributed by atoms with van der Waals surface area (Å²) in [6.07, 6.45) is 1.86. The summed E-state index contributed by atoms with van der Waals surface area (Å²) in [6.45, 7) is 0. The lowest BCUT2D eigenvalue weighted by Crippen LogP contribution is -2.05. The molecule has 0 aliphatic rings. The van der Waals surface area contributed by atoms with Crippen LogP contribution < -0.4 is 5.59 Å². The third-order valence-electron chi connectivity index (χ3n) is 3.65. The summed E-state index contributed by atoms with van der Waals surface area (Å²) in [6, 6.07) is 19.0. The van der Waals surface area contributed by atoms with E-state index in [9.17, 15) is 0 Å². The summed E-state index contributed by atoms with van der Waals surface area (Å²) in [7, 11) is 5.75. The summed E-state index contributed by atoms with van der Waals surface area (Å²) in [5.41, 5.74) is 0.563. The molecule has 0 spiro atoms. The van der Waals surface area contributed by atoms with Crippen LogP contribution >= 0.6 is 0 Å². The fourth-order valence-corrected chi connectivity index (χ4v) is 2.73. The molecule has 0 saturated carbocycles. The Kier molecular flexibility index (Phi) is 2.13. The number of nitrogens with zero attached hydrogens (tertiary/aromatic N) is 1. The van der Waals surface area contributed by atoms with Crippen molar-refractivity contribution in [1.82, 2.24) is 4.98 Å². The maximum Gasteiger partial charge on any atom is 0.141 e. The van der Waals surface area contributed by atoms with E-state index >= 15 is 0 Å². The zero-order valence-electron chi connectivity index (χ0n) is 10.3. The van der Waals surface area contributed by atoms with Crippen LogP contribution in [0.4, 0.5) is 0 Å². The number of hydrogen-bond acceptors (Lipinski definition) is 1. The lowest BCUT2D eigenvalue weighted by atomic mass is 9.95. The van der Waals surface area contributed by atoms with Gasteiger partial charge in [0.1, 0.15) is 7.85 Å². The van der Waals surface area contributed by atoms with E-state index in [-0.39, 0.29) is 0 Å². The van der Waals surface area contributed by atoms with Crippen molar-refractivity contribution < 1.29 is 0 Å². The molecule has 0 aliphatic carbocycles. The van der Waals surface area contributed by atoms with Crippen molar-refractivity contribution in [2.24, 2.45) is 0 Å². The van der Waals surface area contributed by atoms with Crippen LogP contribution in [0.5, 0.6) is 0 Å². The third-order valence-corrected chi connectivity index (χ3v) is 3.65. The first-order valence-electron chi connectivity index (χ1n) is 6.29. The third kappa shape index (κ3) is 1.53. The van der Waals surface area contributed by atoms with Crippen LogP contribution in [0.2, 0.25) is 0 Å². The molecule has 1 aromatic heterocycles. The van der Waals surface area contributed by atoms with Gasteiger partial charge in [0.15, 0.2) is 0 Å². The van der Waals surface area contributed by atoms with Crippen molar-refractivity contribution in [3.05, 3.63) is 60.8 Å². The maximum atomic E-state index is 5.75. The Hall–Kier alpha value is -2.35. The number of hydrogen-bond donors (Lipinski definition) is 0. The molecule has 2 radical (unpaired) electrons. The van der Waals surface area contributed by atoms with E-state index in [1.165, 1.54) is 21.5 Å². The SMILES string of the molecule is [B]c1cc2ccc3c4ccccc4ccc3c2cn1. The molecule has 19 heavy (non-hydrogen) atoms. The van der Waals surface area contributed by atoms with Crippen LogP contribution in [0, 0.1) is 0 Å². The molecule has 86 valence electrons. The van der Waals surface area contributed by atoms with Gasteiger partial charge in [-0.2, -0.15) is 0 Å². The molecule has 0 bridgehead atoms. The molecule has 0 N–H and O–H groups in total. The molecule has 0 amide bonds. The van der Waals surface area contributed by atoms with E-state index in [0.717, 1.165) is 10.8 Å². The minimum absolute atomic E-state index is 0.563. The standard InChI is InChI=1S/C17H10BN/c18-17-9-12-6-8-14-13-4-2-1-3-11(13)5-7-15(14)16(12)10-19-17/h1-10H. The number of pyridine rings is 1. The van der Waals surface area contributed by atoms with Crippen LogP contribution in [0.3, 0.4) is 0 Å². The molecule has 4 aromatic rings. The first kappa shape index (κ1) is 10.6. The van der Waals surface area contributed by atoms with Gasteiger partial charge in [0.25, 0.3) is 0 Å². The highest BCUT2D eigenvalue weighted by Crippen LogP contribution is 2.30. The monoisotopic (exact) mass is 239 g/mol. The molecule has 0 aliphatic heterocycles. The smallest absolute Gasteiger partial charge is 0.141 e. The number of aromatic nitrogens is 1. The molecule has 0 fully saturated rings. The minimum Gasteiger partial charge on any atom is -0.272 e. The molecule has 2 heteroatoms. The first-order valence-corrected chi connectivity index (χ1v) is 6.29. The first-order chi connectivity index (χ1) is 9.33. The molecule has 4 rings (SSSR count). The fraction of sp³-hybridized carbons (Fsp3) is 0. The van der Waals surface area contributed by atoms with Crippen LogP contribution in [0.25, 0.3) is 32.3 Å². The Balaban J connectivity index is 2.26. The van der Waals surface area contributed by atoms with Gasteiger partial charge in [-0.25, -0.2) is 0 Å². The maximum absolute atomic E-state index is 5.75. The quantitative estimate of drug-likeness (QED) is 0.339. The van der Waals surface area contributed by atoms with Gasteiger partial charge in [-0.05, 0) is 38.6 Å². The van der Waals surface area contributed by atoms with Crippen molar-refractivity contribution >= 4 is 45.8 Å². The van der Waals surface area contributed by atoms with E-state index in [1.807, 2.05) is 12.3 Å². The van der Waals surface area contributed by atoms with Gasteiger partial charge in [-0.1, -0.05) is 48.5 Å². The van der Waals surface area contributed by atoms with Crippen LogP contribution in [0.15, 0.2) is 60.8 Å². The van der Waals surface area contributed by atoms with Crippen molar-refractivity contribution in [3.8, 4) is 0 Å². The van der Waals surface area contributed by atoms with Crippen molar-refractivity contribution in [2.45, 2.75) is 0 Å². The number of fused-ring (bicyclic) bond motifs is 5. The second-order valence-corrected chi connectivity index (χ2v) is 4.78. The predicted octanol–water partition coefficient (Wildman–Crippen LogP) is 3.34. The summed E-state index contributed by atoms with van der Waals surface area (Å²) in [5.74, 6) is 0. The lowest BCUT2D eigenvalue weighted by molar-refractivity contribution is 1.43. The highest BCUT2D eigenvalue weighted by Gasteiger charge is 2.04. The normalized spacial score (nSPS) is 11.4. The van der Waals surface area contributed by atoms with E-state index in [4.69, 9.17) is 7.85 Å². The van der Waals surface area contributed by atoms with E-state index in [2.05, 4.69) is 53.5 Å². The summed E-state index contributed by atoms with van der Waals surface area (Å²) < 4.78 is 0. The molecular formula is C17H10BN. The zero-order valence-corrected chi connectivity index (χ0v) is 10.3. The van der Waals surface area contributed by atoms with Crippen LogP contribution in [-0.2, 0) is 0 Å². The second-order valence-electron chi connectivity index (χ2n) is 4.78. The molecule has 0 saturated heterocycles. The molecule has 1 nitrogen and oxygen atoms in total. The van der Waals surface area contributed by atoms with Crippen molar-refractivity contribution in [1.29, 1.82) is 0 Å². The molecule has 3 aromatic carbocycles. The van der Waals surface area contributed by atoms with E-state index in [0.29, 0.717) is 5.59 Å². The van der Waals surface area contributed by atoms with E-state index in [1.54, 1.807) is 0 Å². The Bertz CT molecular complexity index is 928. The van der Waals surface area contributed by atoms with Crippen molar-refractivity contribution in [3.63, 3.8) is 0 Å². The van der Waals surface area contributed by atoms with Gasteiger partial charge in [-0.15, -0.1) is 0 Å². The fourth-order valence-electron chi connectivity index (χ4n) is 2.73. The van der Waals surface area contributed by atoms with Gasteiger partial charge in [0, 0.05) is 11.6 Å². The Morgan fingerprint density at radius 2 is 1.42 bits per heavy atom. The molecule has 0 unspecified atom stereocenters. The summed E-state index contributed by atoms with van der Waals surface area (Å²) in [5, 5.41) is 7.31. The topological polar surface area (TPSA) is 12.9 Å². The number of rotatable bonds is 0.